The molecule has 2 aliphatic carbocycles. The van der Waals surface area contributed by atoms with Crippen LogP contribution in [-0.2, 0) is 0 Å². The van der Waals surface area contributed by atoms with Gasteiger partial charge < -0.3 is 34.2 Å². The van der Waals surface area contributed by atoms with Crippen LogP contribution in [0.15, 0.2) is 38.6 Å². The largest absolute Gasteiger partial charge is 0.509 e. The topological polar surface area (TPSA) is 109 Å². The number of nitrogens with zero attached hydrogens (tertiary/aromatic N) is 2. The fourth-order valence-corrected chi connectivity index (χ4v) is 8.02. The molecular weight excluding hydrogens is 548 g/mol. The molecule has 2 atom stereocenters. The molecule has 0 saturated carbocycles. The van der Waals surface area contributed by atoms with Crippen LogP contribution >= 0.6 is 0 Å². The van der Waals surface area contributed by atoms with E-state index in [4.69, 9.17) is 14.2 Å². The molecular formula is C34H34N2O7. The third-order valence-corrected chi connectivity index (χ3v) is 9.58. The van der Waals surface area contributed by atoms with E-state index < -0.39 is 11.5 Å². The van der Waals surface area contributed by atoms with E-state index in [1.165, 1.54) is 33.5 Å². The number of rotatable bonds is 7. The van der Waals surface area contributed by atoms with E-state index in [0.29, 0.717) is 44.8 Å². The summed E-state index contributed by atoms with van der Waals surface area (Å²) in [6.45, 7) is 5.64. The van der Waals surface area contributed by atoms with Crippen LogP contribution in [0.3, 0.4) is 0 Å². The fourth-order valence-electron chi connectivity index (χ4n) is 8.02. The number of methoxy groups -OCH3 is 3. The van der Waals surface area contributed by atoms with Gasteiger partial charge in [0.25, 0.3) is 0 Å². The van der Waals surface area contributed by atoms with Crippen molar-refractivity contribution in [2.45, 2.75) is 32.2 Å². The van der Waals surface area contributed by atoms with Crippen molar-refractivity contribution in [1.82, 2.24) is 9.80 Å². The zero-order valence-electron chi connectivity index (χ0n) is 25.3. The Bertz CT molecular complexity index is 2150. The first-order valence-corrected chi connectivity index (χ1v) is 14.4. The van der Waals surface area contributed by atoms with Gasteiger partial charge in [0, 0.05) is 57.4 Å². The van der Waals surface area contributed by atoms with E-state index in [0.717, 1.165) is 35.4 Å². The number of hydrogen-bond acceptors (Lipinski definition) is 9. The molecule has 3 aliphatic rings. The Hall–Kier alpha value is -4.50. The normalized spacial score (nSPS) is 18.9. The molecule has 9 nitrogen and oxygen atoms in total. The molecule has 0 aromatic heterocycles. The van der Waals surface area contributed by atoms with Crippen LogP contribution in [-0.4, -0.2) is 74.6 Å². The third kappa shape index (κ3) is 3.31. The number of aromatic hydroxyl groups is 1. The third-order valence-electron chi connectivity index (χ3n) is 9.58. The van der Waals surface area contributed by atoms with Crippen molar-refractivity contribution in [2.75, 3.05) is 48.5 Å². The van der Waals surface area contributed by atoms with Gasteiger partial charge in [0.2, 0.25) is 0 Å². The molecule has 1 heterocycles. The van der Waals surface area contributed by atoms with Gasteiger partial charge in [-0.2, -0.15) is 0 Å². The Morgan fingerprint density at radius 2 is 1.51 bits per heavy atom. The van der Waals surface area contributed by atoms with Crippen LogP contribution in [0.2, 0.25) is 0 Å². The second-order valence-corrected chi connectivity index (χ2v) is 12.0. The molecule has 43 heavy (non-hydrogen) atoms. The number of benzene rings is 4. The van der Waals surface area contributed by atoms with Crippen molar-refractivity contribution < 1.29 is 24.4 Å². The minimum Gasteiger partial charge on any atom is -0.509 e. The van der Waals surface area contributed by atoms with Gasteiger partial charge in [-0.05, 0) is 69.1 Å². The van der Waals surface area contributed by atoms with Crippen LogP contribution in [0, 0.1) is 0 Å². The van der Waals surface area contributed by atoms with Gasteiger partial charge in [-0.3, -0.25) is 9.59 Å². The molecule has 4 aromatic carbocycles. The summed E-state index contributed by atoms with van der Waals surface area (Å²) in [4.78, 5) is 31.9. The maximum atomic E-state index is 13.9. The molecule has 9 heteroatoms. The van der Waals surface area contributed by atoms with Crippen molar-refractivity contribution in [1.29, 1.82) is 0 Å². The summed E-state index contributed by atoms with van der Waals surface area (Å²) in [6, 6.07) is 2.22. The number of allylic oxidation sites excluding steroid dienone is 2. The van der Waals surface area contributed by atoms with E-state index in [1.54, 1.807) is 0 Å². The molecule has 0 bridgehead atoms. The van der Waals surface area contributed by atoms with Crippen molar-refractivity contribution in [2.24, 2.45) is 0 Å². The molecule has 7 rings (SSSR count). The highest BCUT2D eigenvalue weighted by molar-refractivity contribution is 6.30. The van der Waals surface area contributed by atoms with Crippen molar-refractivity contribution in [3.63, 3.8) is 0 Å². The maximum Gasteiger partial charge on any atom is 0.194 e. The van der Waals surface area contributed by atoms with E-state index in [1.807, 2.05) is 27.1 Å². The molecule has 0 amide bonds. The summed E-state index contributed by atoms with van der Waals surface area (Å²) in [5.74, 6) is 0.217. The van der Waals surface area contributed by atoms with E-state index in [-0.39, 0.29) is 45.0 Å². The summed E-state index contributed by atoms with van der Waals surface area (Å²) in [5.41, 5.74) is 3.70. The standard InChI is InChI=1S/C34H34N2O7/c1-14-11-16-22-27-24(33(40)34(16)43-7)18(38)13-19(41-5)25(27)26-20(42-6)12-17(37)23-29(26)28(22)30-21(14)15(2)36(31(30)32(23)39)10-8-9-35(3)4/h11-13,30-31,39-40H,8-10H2,1-7H3. The van der Waals surface area contributed by atoms with Crippen LogP contribution < -0.4 is 30.3 Å². The molecule has 0 fully saturated rings. The van der Waals surface area contributed by atoms with Gasteiger partial charge in [0.05, 0.1) is 38.0 Å². The van der Waals surface area contributed by atoms with Crippen molar-refractivity contribution >= 4 is 44.2 Å². The van der Waals surface area contributed by atoms with Gasteiger partial charge >= 0.3 is 0 Å². The average Bonchev–Trinajstić information content (AvgIpc) is 3.18. The maximum absolute atomic E-state index is 13.9. The van der Waals surface area contributed by atoms with Crippen LogP contribution in [0.4, 0.5) is 0 Å². The molecule has 1 aliphatic heterocycles. The monoisotopic (exact) mass is 582 g/mol. The first-order chi connectivity index (χ1) is 20.6. The molecule has 222 valence electrons. The summed E-state index contributed by atoms with van der Waals surface area (Å²) < 4.78 is 17.4. The highest BCUT2D eigenvalue weighted by atomic mass is 16.5. The van der Waals surface area contributed by atoms with Crippen LogP contribution in [0.1, 0.15) is 37.3 Å². The first-order valence-electron chi connectivity index (χ1n) is 14.4. The zero-order valence-corrected chi connectivity index (χ0v) is 25.3. The lowest BCUT2D eigenvalue weighted by Gasteiger charge is -2.36. The van der Waals surface area contributed by atoms with E-state index in [2.05, 4.69) is 16.7 Å². The Kier molecular flexibility index (Phi) is 5.88. The average molecular weight is 583 g/mol. The Morgan fingerprint density at radius 3 is 2.14 bits per heavy atom. The summed E-state index contributed by atoms with van der Waals surface area (Å²) in [7, 11) is 8.51. The smallest absolute Gasteiger partial charge is 0.194 e. The summed E-state index contributed by atoms with van der Waals surface area (Å²) >= 11 is 0. The predicted octanol–water partition coefficient (Wildman–Crippen LogP) is 3.84. The van der Waals surface area contributed by atoms with Gasteiger partial charge in [-0.25, -0.2) is 0 Å². The Labute approximate surface area is 247 Å². The highest BCUT2D eigenvalue weighted by Gasteiger charge is 2.49. The predicted molar refractivity (Wildman–Crippen MR) is 168 cm³/mol. The number of hydrogen-bond donors (Lipinski definition) is 2. The van der Waals surface area contributed by atoms with Gasteiger partial charge in [0.15, 0.2) is 22.4 Å². The van der Waals surface area contributed by atoms with Gasteiger partial charge in [-0.15, -0.1) is 0 Å². The first kappa shape index (κ1) is 27.3. The number of ether oxygens (including phenoxy) is 3. The molecule has 0 radical (unpaired) electrons. The number of phenolic OH excluding ortho intramolecular Hbond substituents is 1. The second-order valence-electron chi connectivity index (χ2n) is 12.0. The minimum atomic E-state index is -0.517. The number of aliphatic hydroxyl groups is 1. The zero-order chi connectivity index (χ0) is 30.6. The molecule has 0 spiro atoms. The molecule has 2 N–H and O–H groups in total. The molecule has 4 aromatic rings. The quantitative estimate of drug-likeness (QED) is 0.248. The minimum absolute atomic E-state index is 0.0259. The van der Waals surface area contributed by atoms with Crippen molar-refractivity contribution in [3.05, 3.63) is 65.8 Å². The van der Waals surface area contributed by atoms with Gasteiger partial charge in [0.1, 0.15) is 17.3 Å². The van der Waals surface area contributed by atoms with Crippen molar-refractivity contribution in [3.8, 4) is 23.0 Å². The van der Waals surface area contributed by atoms with E-state index in [9.17, 15) is 19.8 Å². The Balaban J connectivity index is 1.80. The fraction of sp³-hybridized carbons (Fsp3) is 0.353. The number of fused-ring (bicyclic) bond motifs is 1. The summed E-state index contributed by atoms with van der Waals surface area (Å²) in [5, 5.41) is 26.9. The lowest BCUT2D eigenvalue weighted by molar-refractivity contribution is 0.254. The van der Waals surface area contributed by atoms with Gasteiger partial charge in [-0.1, -0.05) is 0 Å². The SMILES string of the molecule is COc1c2c3c4c5c(c(=O)cc(OC)c5c5c(OC)cc(=O)c(c1O)c35)=C(O)C1C4C(=C(C)N1CCCN(C)C)C(C)=C2. The van der Waals surface area contributed by atoms with Crippen LogP contribution in [0.25, 0.3) is 44.2 Å². The highest BCUT2D eigenvalue weighted by Crippen LogP contribution is 2.59. The lowest BCUT2D eigenvalue weighted by Crippen LogP contribution is -2.44. The number of aliphatic hydroxyl groups excluding tert-OH is 1. The lowest BCUT2D eigenvalue weighted by atomic mass is 9.74. The number of phenols is 1. The Morgan fingerprint density at radius 1 is 0.860 bits per heavy atom. The molecule has 2 unspecified atom stereocenters. The van der Waals surface area contributed by atoms with Crippen LogP contribution in [0.5, 0.6) is 23.0 Å². The summed E-state index contributed by atoms with van der Waals surface area (Å²) in [6.07, 6.45) is 2.85. The molecule has 0 saturated heterocycles. The van der Waals surface area contributed by atoms with E-state index >= 15 is 0 Å². The second kappa shape index (κ2) is 9.25.